The van der Waals surface area contributed by atoms with Crippen molar-refractivity contribution in [3.8, 4) is 0 Å². The molecule has 0 spiro atoms. The lowest BCUT2D eigenvalue weighted by Crippen LogP contribution is -2.40. The molecule has 146 valence electrons. The maximum Gasteiger partial charge on any atom is 0.326 e. The van der Waals surface area contributed by atoms with Crippen LogP contribution in [-0.2, 0) is 4.79 Å². The van der Waals surface area contributed by atoms with Gasteiger partial charge in [-0.15, -0.1) is 11.3 Å². The lowest BCUT2D eigenvalue weighted by Gasteiger charge is -2.20. The molecule has 1 amide bonds. The Bertz CT molecular complexity index is 1130. The van der Waals surface area contributed by atoms with Crippen LogP contribution in [0.3, 0.4) is 0 Å². The largest absolute Gasteiger partial charge is 0.480 e. The Balaban J connectivity index is 1.64. The summed E-state index contributed by atoms with van der Waals surface area (Å²) >= 11 is 1.33. The Kier molecular flexibility index (Phi) is 4.54. The third-order valence-corrected chi connectivity index (χ3v) is 6.48. The number of carbonyl (C=O) groups excluding carboxylic acids is 1. The number of carbonyl (C=O) groups is 2. The number of likely N-dealkylation sites (tertiary alicyclic amines) is 1. The summed E-state index contributed by atoms with van der Waals surface area (Å²) in [5.41, 5.74) is 1.16. The maximum absolute atomic E-state index is 12.8. The highest BCUT2D eigenvalue weighted by Crippen LogP contribution is 2.34. The number of aliphatic carboxylic acids is 1. The first-order valence-corrected chi connectivity index (χ1v) is 9.90. The second kappa shape index (κ2) is 6.90. The molecule has 1 aliphatic heterocycles. The molecule has 0 saturated carbocycles. The number of thiophene rings is 1. The fraction of sp³-hybridized carbons (Fsp3) is 0.368. The van der Waals surface area contributed by atoms with E-state index in [0.717, 1.165) is 10.4 Å². The van der Waals surface area contributed by atoms with Crippen LogP contribution in [0.25, 0.3) is 11.0 Å². The first kappa shape index (κ1) is 18.4. The molecule has 4 rings (SSSR count). The predicted molar refractivity (Wildman–Crippen MR) is 105 cm³/mol. The molecular weight excluding hydrogens is 380 g/mol. The summed E-state index contributed by atoms with van der Waals surface area (Å²) in [6.45, 7) is 4.16. The van der Waals surface area contributed by atoms with Gasteiger partial charge in [0.1, 0.15) is 17.5 Å². The predicted octanol–water partition coefficient (Wildman–Crippen LogP) is 2.46. The number of hydrogen-bond acceptors (Lipinski definition) is 5. The topological polar surface area (TPSA) is 119 Å². The molecular formula is C19H20N4O4S. The third-order valence-electron chi connectivity index (χ3n) is 5.22. The van der Waals surface area contributed by atoms with Crippen molar-refractivity contribution >= 4 is 34.2 Å². The molecule has 1 aliphatic rings. The highest BCUT2D eigenvalue weighted by atomic mass is 32.1. The second-order valence-electron chi connectivity index (χ2n) is 7.04. The quantitative estimate of drug-likeness (QED) is 0.621. The van der Waals surface area contributed by atoms with Gasteiger partial charge in [-0.1, -0.05) is 6.92 Å². The summed E-state index contributed by atoms with van der Waals surface area (Å²) in [6, 6.07) is 2.84. The normalized spacial score (nSPS) is 17.9. The van der Waals surface area contributed by atoms with E-state index in [1.165, 1.54) is 16.2 Å². The van der Waals surface area contributed by atoms with Crippen LogP contribution in [-0.4, -0.2) is 49.4 Å². The monoisotopic (exact) mass is 400 g/mol. The SMILES string of the molecule is Cc1nc2[nH]cc(C(C)c3ccc(C(=O)N4CCC[C@H]4C(=O)O)s3)c2c(=O)[nH]1. The molecule has 4 heterocycles. The zero-order valence-electron chi connectivity index (χ0n) is 15.5. The Morgan fingerprint density at radius 3 is 2.93 bits per heavy atom. The van der Waals surface area contributed by atoms with E-state index in [1.54, 1.807) is 19.2 Å². The number of aromatic amines is 2. The molecule has 0 bridgehead atoms. The van der Waals surface area contributed by atoms with Crippen molar-refractivity contribution in [3.05, 3.63) is 49.8 Å². The van der Waals surface area contributed by atoms with E-state index in [1.807, 2.05) is 13.0 Å². The van der Waals surface area contributed by atoms with Gasteiger partial charge in [0, 0.05) is 23.5 Å². The number of H-pyrrole nitrogens is 2. The van der Waals surface area contributed by atoms with Crippen molar-refractivity contribution in [2.75, 3.05) is 6.54 Å². The molecule has 9 heteroatoms. The van der Waals surface area contributed by atoms with Crippen molar-refractivity contribution in [2.45, 2.75) is 38.6 Å². The number of nitrogens with zero attached hydrogens (tertiary/aromatic N) is 2. The van der Waals surface area contributed by atoms with Gasteiger partial charge in [0.05, 0.1) is 10.3 Å². The van der Waals surface area contributed by atoms with Gasteiger partial charge in [-0.2, -0.15) is 0 Å². The standard InChI is InChI=1S/C19H20N4O4S/c1-9(11-8-20-16-15(11)17(24)22-10(2)21-16)13-5-6-14(28-13)18(25)23-7-3-4-12(23)19(26)27/h5-6,8-9,12H,3-4,7H2,1-2H3,(H,26,27)(H2,20,21,22,24)/t9?,12-/m0/s1. The zero-order chi connectivity index (χ0) is 20.0. The summed E-state index contributed by atoms with van der Waals surface area (Å²) in [7, 11) is 0. The molecule has 3 aromatic rings. The molecule has 8 nitrogen and oxygen atoms in total. The Morgan fingerprint density at radius 2 is 2.18 bits per heavy atom. The lowest BCUT2D eigenvalue weighted by molar-refractivity contribution is -0.141. The maximum atomic E-state index is 12.8. The molecule has 3 N–H and O–H groups in total. The number of amides is 1. The number of carboxylic acid groups (broad SMARTS) is 1. The average Bonchev–Trinajstić information content (AvgIpc) is 3.38. The first-order valence-electron chi connectivity index (χ1n) is 9.08. The van der Waals surface area contributed by atoms with Crippen molar-refractivity contribution < 1.29 is 14.7 Å². The minimum absolute atomic E-state index is 0.111. The van der Waals surface area contributed by atoms with E-state index < -0.39 is 12.0 Å². The highest BCUT2D eigenvalue weighted by Gasteiger charge is 2.35. The van der Waals surface area contributed by atoms with Crippen LogP contribution in [0.1, 0.15) is 51.6 Å². The number of aryl methyl sites for hydroxylation is 1. The summed E-state index contributed by atoms with van der Waals surface area (Å²) in [5, 5.41) is 9.83. The van der Waals surface area contributed by atoms with Gasteiger partial charge in [-0.3, -0.25) is 9.59 Å². The zero-order valence-corrected chi connectivity index (χ0v) is 16.3. The Labute approximate surface area is 164 Å². The van der Waals surface area contributed by atoms with Crippen LogP contribution in [0, 0.1) is 6.92 Å². The van der Waals surface area contributed by atoms with Gasteiger partial charge >= 0.3 is 5.97 Å². The molecule has 0 aliphatic carbocycles. The van der Waals surface area contributed by atoms with Gasteiger partial charge in [-0.25, -0.2) is 9.78 Å². The van der Waals surface area contributed by atoms with Crippen LogP contribution in [0.4, 0.5) is 0 Å². The Hall–Kier alpha value is -2.94. The van der Waals surface area contributed by atoms with E-state index in [0.29, 0.717) is 41.1 Å². The fourth-order valence-electron chi connectivity index (χ4n) is 3.78. The van der Waals surface area contributed by atoms with E-state index in [2.05, 4.69) is 15.0 Å². The van der Waals surface area contributed by atoms with Crippen LogP contribution in [0.2, 0.25) is 0 Å². The summed E-state index contributed by atoms with van der Waals surface area (Å²) in [6.07, 6.45) is 2.96. The number of hydrogen-bond donors (Lipinski definition) is 3. The molecule has 0 radical (unpaired) electrons. The summed E-state index contributed by atoms with van der Waals surface area (Å²) in [4.78, 5) is 49.5. The van der Waals surface area contributed by atoms with Crippen molar-refractivity contribution in [3.63, 3.8) is 0 Å². The third kappa shape index (κ3) is 3.01. The summed E-state index contributed by atoms with van der Waals surface area (Å²) in [5.74, 6) is -0.778. The van der Waals surface area contributed by atoms with Crippen LogP contribution >= 0.6 is 11.3 Å². The number of aromatic nitrogens is 3. The number of carboxylic acids is 1. The van der Waals surface area contributed by atoms with Crippen LogP contribution in [0.15, 0.2) is 23.1 Å². The van der Waals surface area contributed by atoms with E-state index >= 15 is 0 Å². The fourth-order valence-corrected chi connectivity index (χ4v) is 4.81. The number of nitrogens with one attached hydrogen (secondary N) is 2. The minimum atomic E-state index is -0.961. The van der Waals surface area contributed by atoms with Gasteiger partial charge < -0.3 is 20.0 Å². The molecule has 1 fully saturated rings. The van der Waals surface area contributed by atoms with Crippen LogP contribution in [0.5, 0.6) is 0 Å². The Morgan fingerprint density at radius 1 is 1.39 bits per heavy atom. The number of fused-ring (bicyclic) bond motifs is 1. The highest BCUT2D eigenvalue weighted by molar-refractivity contribution is 7.14. The van der Waals surface area contributed by atoms with Gasteiger partial charge in [0.2, 0.25) is 0 Å². The van der Waals surface area contributed by atoms with Gasteiger partial charge in [0.25, 0.3) is 11.5 Å². The molecule has 28 heavy (non-hydrogen) atoms. The molecule has 3 aromatic heterocycles. The first-order chi connectivity index (χ1) is 13.4. The second-order valence-corrected chi connectivity index (χ2v) is 8.15. The van der Waals surface area contributed by atoms with Gasteiger partial charge in [0.15, 0.2) is 0 Å². The van der Waals surface area contributed by atoms with Crippen molar-refractivity contribution in [1.29, 1.82) is 0 Å². The lowest BCUT2D eigenvalue weighted by atomic mass is 10.0. The average molecular weight is 400 g/mol. The van der Waals surface area contributed by atoms with E-state index in [4.69, 9.17) is 0 Å². The minimum Gasteiger partial charge on any atom is -0.480 e. The van der Waals surface area contributed by atoms with E-state index in [9.17, 15) is 19.5 Å². The van der Waals surface area contributed by atoms with Gasteiger partial charge in [-0.05, 0) is 37.5 Å². The molecule has 1 saturated heterocycles. The molecule has 2 atom stereocenters. The van der Waals surface area contributed by atoms with E-state index in [-0.39, 0.29) is 17.4 Å². The van der Waals surface area contributed by atoms with Crippen LogP contribution < -0.4 is 5.56 Å². The molecule has 0 aromatic carbocycles. The smallest absolute Gasteiger partial charge is 0.326 e. The van der Waals surface area contributed by atoms with Crippen molar-refractivity contribution in [2.24, 2.45) is 0 Å². The summed E-state index contributed by atoms with van der Waals surface area (Å²) < 4.78 is 0. The molecule has 1 unspecified atom stereocenters. The van der Waals surface area contributed by atoms with Crippen molar-refractivity contribution in [1.82, 2.24) is 19.9 Å². The number of rotatable bonds is 4.